The number of ether oxygens (including phenoxy) is 5. The van der Waals surface area contributed by atoms with Crippen LogP contribution in [0.5, 0.6) is 0 Å². The second-order valence-electron chi connectivity index (χ2n) is 7.29. The fourth-order valence-corrected chi connectivity index (χ4v) is 3.42. The fraction of sp³-hybridized carbons (Fsp3) is 0.682. The lowest BCUT2D eigenvalue weighted by atomic mass is 9.82. The summed E-state index contributed by atoms with van der Waals surface area (Å²) >= 11 is 0. The molecule has 2 N–H and O–H groups in total. The molecule has 0 spiro atoms. The predicted octanol–water partition coefficient (Wildman–Crippen LogP) is 2.63. The van der Waals surface area contributed by atoms with Gasteiger partial charge in [-0.25, -0.2) is 4.79 Å². The SMILES string of the molecule is CCC1O[C@H](OCCOCCOCCN)C(OC(=O)c2ccccc2)[C@@H](C)[C@@H]1C. The third kappa shape index (κ3) is 7.35. The lowest BCUT2D eigenvalue weighted by Gasteiger charge is -2.43. The van der Waals surface area contributed by atoms with Gasteiger partial charge in [0.2, 0.25) is 0 Å². The average Bonchev–Trinajstić information content (AvgIpc) is 2.75. The molecular formula is C22H35NO6. The Bertz CT molecular complexity index is 584. The van der Waals surface area contributed by atoms with Gasteiger partial charge in [-0.15, -0.1) is 0 Å². The molecule has 2 rings (SSSR count). The fourth-order valence-electron chi connectivity index (χ4n) is 3.42. The molecule has 1 saturated heterocycles. The maximum absolute atomic E-state index is 12.6. The van der Waals surface area contributed by atoms with E-state index in [1.165, 1.54) is 0 Å². The van der Waals surface area contributed by atoms with Crippen LogP contribution in [0.15, 0.2) is 30.3 Å². The second-order valence-corrected chi connectivity index (χ2v) is 7.29. The molecule has 2 unspecified atom stereocenters. The summed E-state index contributed by atoms with van der Waals surface area (Å²) in [5.74, 6) is -0.00332. The molecule has 1 aromatic rings. The number of carbonyl (C=O) groups is 1. The highest BCUT2D eigenvalue weighted by Crippen LogP contribution is 2.35. The topological polar surface area (TPSA) is 89.2 Å². The highest BCUT2D eigenvalue weighted by Gasteiger charge is 2.43. The highest BCUT2D eigenvalue weighted by molar-refractivity contribution is 5.89. The van der Waals surface area contributed by atoms with Crippen LogP contribution < -0.4 is 5.73 Å². The molecule has 1 fully saturated rings. The Hall–Kier alpha value is -1.51. The number of rotatable bonds is 12. The van der Waals surface area contributed by atoms with Crippen LogP contribution in [0.4, 0.5) is 0 Å². The molecule has 1 aromatic carbocycles. The van der Waals surface area contributed by atoms with E-state index in [9.17, 15) is 4.79 Å². The van der Waals surface area contributed by atoms with E-state index in [0.29, 0.717) is 45.1 Å². The van der Waals surface area contributed by atoms with Gasteiger partial charge in [0.15, 0.2) is 12.4 Å². The summed E-state index contributed by atoms with van der Waals surface area (Å²) in [6.45, 7) is 9.06. The summed E-state index contributed by atoms with van der Waals surface area (Å²) < 4.78 is 28.7. The van der Waals surface area contributed by atoms with Crippen molar-refractivity contribution in [3.8, 4) is 0 Å². The summed E-state index contributed by atoms with van der Waals surface area (Å²) in [5.41, 5.74) is 5.88. The van der Waals surface area contributed by atoms with Crippen molar-refractivity contribution in [3.05, 3.63) is 35.9 Å². The van der Waals surface area contributed by atoms with Gasteiger partial charge >= 0.3 is 5.97 Å². The molecule has 1 aliphatic rings. The third-order valence-electron chi connectivity index (χ3n) is 5.31. The van der Waals surface area contributed by atoms with Crippen LogP contribution in [-0.4, -0.2) is 64.0 Å². The van der Waals surface area contributed by atoms with Gasteiger partial charge in [0.25, 0.3) is 0 Å². The van der Waals surface area contributed by atoms with Crippen LogP contribution in [0.1, 0.15) is 37.6 Å². The van der Waals surface area contributed by atoms with Gasteiger partial charge in [-0.2, -0.15) is 0 Å². The first-order chi connectivity index (χ1) is 14.1. The number of carbonyl (C=O) groups excluding carboxylic acids is 1. The minimum atomic E-state index is -0.615. The maximum Gasteiger partial charge on any atom is 0.338 e. The normalized spacial score (nSPS) is 27.0. The highest BCUT2D eigenvalue weighted by atomic mass is 16.7. The number of esters is 1. The number of nitrogens with two attached hydrogens (primary N) is 1. The van der Waals surface area contributed by atoms with Crippen molar-refractivity contribution in [2.45, 2.75) is 45.7 Å². The van der Waals surface area contributed by atoms with Gasteiger partial charge in [0.1, 0.15) is 0 Å². The Kier molecular flexibility index (Phi) is 10.6. The Morgan fingerprint density at radius 3 is 2.31 bits per heavy atom. The molecule has 0 radical (unpaired) electrons. The molecule has 7 heteroatoms. The first kappa shape index (κ1) is 23.8. The summed E-state index contributed by atoms with van der Waals surface area (Å²) in [4.78, 5) is 12.6. The standard InChI is InChI=1S/C22H35NO6/c1-4-19-16(2)17(3)20(29-21(24)18-8-6-5-7-9-18)22(28-19)27-15-14-26-13-12-25-11-10-23/h5-9,16-17,19-20,22H,4,10-15,23H2,1-3H3/t16-,17-,19?,20?,22-/m0/s1. The lowest BCUT2D eigenvalue weighted by molar-refractivity contribution is -0.271. The monoisotopic (exact) mass is 409 g/mol. The van der Waals surface area contributed by atoms with E-state index in [4.69, 9.17) is 29.4 Å². The van der Waals surface area contributed by atoms with Crippen LogP contribution in [0.25, 0.3) is 0 Å². The molecule has 164 valence electrons. The van der Waals surface area contributed by atoms with Crippen LogP contribution in [0.2, 0.25) is 0 Å². The van der Waals surface area contributed by atoms with Gasteiger partial charge in [-0.1, -0.05) is 39.0 Å². The van der Waals surface area contributed by atoms with Gasteiger partial charge in [-0.3, -0.25) is 0 Å². The average molecular weight is 410 g/mol. The van der Waals surface area contributed by atoms with Crippen LogP contribution in [-0.2, 0) is 23.7 Å². The van der Waals surface area contributed by atoms with Gasteiger partial charge in [0.05, 0.1) is 44.7 Å². The largest absolute Gasteiger partial charge is 0.453 e. The zero-order chi connectivity index (χ0) is 21.1. The van der Waals surface area contributed by atoms with Crippen molar-refractivity contribution in [1.82, 2.24) is 0 Å². The molecule has 0 bridgehead atoms. The summed E-state index contributed by atoms with van der Waals surface area (Å²) in [7, 11) is 0. The van der Waals surface area contributed by atoms with Crippen molar-refractivity contribution in [1.29, 1.82) is 0 Å². The Morgan fingerprint density at radius 2 is 1.66 bits per heavy atom. The molecule has 29 heavy (non-hydrogen) atoms. The van der Waals surface area contributed by atoms with E-state index in [-0.39, 0.29) is 23.9 Å². The van der Waals surface area contributed by atoms with Crippen molar-refractivity contribution < 1.29 is 28.5 Å². The maximum atomic E-state index is 12.6. The molecular weight excluding hydrogens is 374 g/mol. The molecule has 0 aromatic heterocycles. The molecule has 1 aliphatic heterocycles. The van der Waals surface area contributed by atoms with Crippen LogP contribution >= 0.6 is 0 Å². The zero-order valence-electron chi connectivity index (χ0n) is 17.8. The third-order valence-corrected chi connectivity index (χ3v) is 5.31. The number of hydrogen-bond donors (Lipinski definition) is 1. The minimum Gasteiger partial charge on any atom is -0.453 e. The summed E-state index contributed by atoms with van der Waals surface area (Å²) in [6.07, 6.45) is -0.156. The smallest absolute Gasteiger partial charge is 0.338 e. The zero-order valence-corrected chi connectivity index (χ0v) is 17.8. The molecule has 0 amide bonds. The van der Waals surface area contributed by atoms with Crippen molar-refractivity contribution in [3.63, 3.8) is 0 Å². The van der Waals surface area contributed by atoms with E-state index in [0.717, 1.165) is 6.42 Å². The molecule has 5 atom stereocenters. The van der Waals surface area contributed by atoms with Gasteiger partial charge in [0, 0.05) is 12.5 Å². The first-order valence-corrected chi connectivity index (χ1v) is 10.5. The van der Waals surface area contributed by atoms with Crippen molar-refractivity contribution >= 4 is 5.97 Å². The van der Waals surface area contributed by atoms with Crippen molar-refractivity contribution in [2.24, 2.45) is 17.6 Å². The quantitative estimate of drug-likeness (QED) is 0.419. The van der Waals surface area contributed by atoms with E-state index in [1.807, 2.05) is 18.2 Å². The Balaban J connectivity index is 1.89. The molecule has 0 saturated carbocycles. The van der Waals surface area contributed by atoms with Crippen molar-refractivity contribution in [2.75, 3.05) is 39.6 Å². The predicted molar refractivity (Wildman–Crippen MR) is 110 cm³/mol. The van der Waals surface area contributed by atoms with E-state index in [1.54, 1.807) is 12.1 Å². The summed E-state index contributed by atoms with van der Waals surface area (Å²) in [5, 5.41) is 0. The number of benzene rings is 1. The summed E-state index contributed by atoms with van der Waals surface area (Å²) in [6, 6.07) is 8.98. The van der Waals surface area contributed by atoms with Gasteiger partial charge < -0.3 is 29.4 Å². The van der Waals surface area contributed by atoms with E-state index >= 15 is 0 Å². The van der Waals surface area contributed by atoms with E-state index in [2.05, 4.69) is 20.8 Å². The Labute approximate surface area is 173 Å². The number of hydrogen-bond acceptors (Lipinski definition) is 7. The van der Waals surface area contributed by atoms with Crippen LogP contribution in [0.3, 0.4) is 0 Å². The molecule has 1 heterocycles. The van der Waals surface area contributed by atoms with E-state index < -0.39 is 12.4 Å². The van der Waals surface area contributed by atoms with Gasteiger partial charge in [-0.05, 0) is 24.5 Å². The molecule has 0 aliphatic carbocycles. The molecule has 7 nitrogen and oxygen atoms in total. The lowest BCUT2D eigenvalue weighted by Crippen LogP contribution is -2.52. The van der Waals surface area contributed by atoms with Crippen LogP contribution in [0, 0.1) is 11.8 Å². The first-order valence-electron chi connectivity index (χ1n) is 10.5. The Morgan fingerprint density at radius 1 is 1.00 bits per heavy atom. The minimum absolute atomic E-state index is 0.0623. The second kappa shape index (κ2) is 12.9.